The number of nitrogens with zero attached hydrogens (tertiary/aromatic N) is 3. The van der Waals surface area contributed by atoms with Gasteiger partial charge in [-0.2, -0.15) is 0 Å². The zero-order valence-electron chi connectivity index (χ0n) is 18.8. The third kappa shape index (κ3) is 3.84. The fraction of sp³-hybridized carbons (Fsp3) is 0.185. The average molecular weight is 440 g/mol. The van der Waals surface area contributed by atoms with Crippen molar-refractivity contribution in [1.29, 1.82) is 0 Å². The molecule has 0 aliphatic carbocycles. The van der Waals surface area contributed by atoms with Crippen LogP contribution in [-0.4, -0.2) is 32.7 Å². The van der Waals surface area contributed by atoms with Crippen molar-refractivity contribution in [3.63, 3.8) is 0 Å². The molecule has 0 saturated heterocycles. The molecule has 0 amide bonds. The third-order valence-electron chi connectivity index (χ3n) is 5.84. The van der Waals surface area contributed by atoms with E-state index in [0.717, 1.165) is 34.3 Å². The minimum absolute atomic E-state index is 0.0666. The van der Waals surface area contributed by atoms with E-state index in [0.29, 0.717) is 22.8 Å². The number of hydrogen-bond acceptors (Lipinski definition) is 5. The summed E-state index contributed by atoms with van der Waals surface area (Å²) in [4.78, 5) is 9.58. The smallest absolute Gasteiger partial charge is 0.235 e. The largest absolute Gasteiger partial charge is 0.507 e. The summed E-state index contributed by atoms with van der Waals surface area (Å²) in [7, 11) is 1.65. The minimum atomic E-state index is 0.0666. The molecule has 1 atom stereocenters. The molecule has 33 heavy (non-hydrogen) atoms. The summed E-state index contributed by atoms with van der Waals surface area (Å²) in [5, 5.41) is 10.9. The molecule has 2 heterocycles. The summed E-state index contributed by atoms with van der Waals surface area (Å²) in [5.74, 6) is 2.09. The molecular formula is C27H25N3O3. The van der Waals surface area contributed by atoms with Crippen LogP contribution in [0.3, 0.4) is 0 Å². The van der Waals surface area contributed by atoms with Crippen molar-refractivity contribution in [3.8, 4) is 39.6 Å². The van der Waals surface area contributed by atoms with Crippen molar-refractivity contribution >= 4 is 16.8 Å². The molecule has 0 saturated carbocycles. The second-order valence-corrected chi connectivity index (χ2v) is 8.02. The summed E-state index contributed by atoms with van der Waals surface area (Å²) in [6, 6.07) is 21.1. The van der Waals surface area contributed by atoms with Crippen molar-refractivity contribution in [1.82, 2.24) is 14.4 Å². The van der Waals surface area contributed by atoms with Crippen LogP contribution in [0.4, 0.5) is 0 Å². The molecule has 1 N–H and O–H groups in total. The molecule has 0 aliphatic rings. The number of aromatic hydroxyl groups is 1. The highest BCUT2D eigenvalue weighted by atomic mass is 16.5. The molecule has 0 fully saturated rings. The van der Waals surface area contributed by atoms with Gasteiger partial charge in [0.25, 0.3) is 0 Å². The Bertz CT molecular complexity index is 1440. The zero-order valence-corrected chi connectivity index (χ0v) is 18.8. The van der Waals surface area contributed by atoms with Gasteiger partial charge in [-0.25, -0.2) is 9.97 Å². The molecule has 0 bridgehead atoms. The van der Waals surface area contributed by atoms with E-state index in [1.807, 2.05) is 78.2 Å². The van der Waals surface area contributed by atoms with Gasteiger partial charge in [-0.1, -0.05) is 31.2 Å². The molecule has 6 heteroatoms. The summed E-state index contributed by atoms with van der Waals surface area (Å²) < 4.78 is 13.2. The third-order valence-corrected chi connectivity index (χ3v) is 5.84. The molecule has 0 spiro atoms. The quantitative estimate of drug-likeness (QED) is 0.346. The fourth-order valence-corrected chi connectivity index (χ4v) is 3.88. The predicted octanol–water partition coefficient (Wildman–Crippen LogP) is 6.11. The van der Waals surface area contributed by atoms with Crippen LogP contribution >= 0.6 is 0 Å². The van der Waals surface area contributed by atoms with Crippen LogP contribution in [-0.2, 0) is 0 Å². The van der Waals surface area contributed by atoms with Crippen molar-refractivity contribution in [3.05, 3.63) is 72.9 Å². The number of hydrogen-bond donors (Lipinski definition) is 1. The van der Waals surface area contributed by atoms with Crippen molar-refractivity contribution in [2.75, 3.05) is 7.11 Å². The van der Waals surface area contributed by atoms with Crippen LogP contribution in [0.2, 0.25) is 0 Å². The summed E-state index contributed by atoms with van der Waals surface area (Å²) in [5.41, 5.74) is 4.94. The predicted molar refractivity (Wildman–Crippen MR) is 130 cm³/mol. The lowest BCUT2D eigenvalue weighted by molar-refractivity contribution is 0.217. The Morgan fingerprint density at radius 2 is 1.70 bits per heavy atom. The Labute approximate surface area is 192 Å². The van der Waals surface area contributed by atoms with Gasteiger partial charge in [0.2, 0.25) is 5.78 Å². The van der Waals surface area contributed by atoms with Crippen molar-refractivity contribution in [2.24, 2.45) is 0 Å². The standard InChI is InChI=1S/C27H25N3O3/c1-4-17(2)33-20-13-14-21(25(31)15-20)26-22(18-9-11-19(32-3)12-10-18)16-30-24-8-6-5-7-23(24)28-27(30)29-26/h5-17,31H,4H2,1-3H3. The van der Waals surface area contributed by atoms with E-state index >= 15 is 0 Å². The first kappa shape index (κ1) is 20.8. The maximum absolute atomic E-state index is 10.9. The maximum atomic E-state index is 10.9. The van der Waals surface area contributed by atoms with Crippen LogP contribution < -0.4 is 9.47 Å². The Kier molecular flexibility index (Phi) is 5.34. The molecule has 5 rings (SSSR count). The van der Waals surface area contributed by atoms with Crippen LogP contribution in [0.5, 0.6) is 17.2 Å². The number of fused-ring (bicyclic) bond motifs is 3. The van der Waals surface area contributed by atoms with Gasteiger partial charge in [0.15, 0.2) is 0 Å². The zero-order chi connectivity index (χ0) is 22.9. The number of methoxy groups -OCH3 is 1. The number of ether oxygens (including phenoxy) is 2. The summed E-state index contributed by atoms with van der Waals surface area (Å²) >= 11 is 0. The molecule has 6 nitrogen and oxygen atoms in total. The van der Waals surface area contributed by atoms with E-state index in [4.69, 9.17) is 14.5 Å². The van der Waals surface area contributed by atoms with Gasteiger partial charge in [-0.15, -0.1) is 0 Å². The molecule has 166 valence electrons. The first-order valence-corrected chi connectivity index (χ1v) is 11.0. The van der Waals surface area contributed by atoms with Gasteiger partial charge >= 0.3 is 0 Å². The number of phenols is 1. The topological polar surface area (TPSA) is 68.9 Å². The molecular weight excluding hydrogens is 414 g/mol. The lowest BCUT2D eigenvalue weighted by Crippen LogP contribution is -2.09. The number of rotatable bonds is 6. The highest BCUT2D eigenvalue weighted by Gasteiger charge is 2.18. The van der Waals surface area contributed by atoms with E-state index < -0.39 is 0 Å². The first-order valence-electron chi connectivity index (χ1n) is 11.0. The number of aromatic nitrogens is 3. The molecule has 1 unspecified atom stereocenters. The van der Waals surface area contributed by atoms with E-state index in [2.05, 4.69) is 11.9 Å². The first-order chi connectivity index (χ1) is 16.1. The fourth-order valence-electron chi connectivity index (χ4n) is 3.88. The van der Waals surface area contributed by atoms with E-state index in [1.54, 1.807) is 13.2 Å². The molecule has 5 aromatic rings. The monoisotopic (exact) mass is 439 g/mol. The van der Waals surface area contributed by atoms with Gasteiger partial charge in [0, 0.05) is 23.4 Å². The molecule has 0 radical (unpaired) electrons. The second-order valence-electron chi connectivity index (χ2n) is 8.02. The lowest BCUT2D eigenvalue weighted by atomic mass is 10.00. The van der Waals surface area contributed by atoms with E-state index in [1.165, 1.54) is 0 Å². The Balaban J connectivity index is 1.72. The molecule has 0 aliphatic heterocycles. The minimum Gasteiger partial charge on any atom is -0.507 e. The van der Waals surface area contributed by atoms with Gasteiger partial charge in [0.1, 0.15) is 17.2 Å². The Morgan fingerprint density at radius 3 is 2.42 bits per heavy atom. The number of imidazole rings is 1. The van der Waals surface area contributed by atoms with Gasteiger partial charge in [-0.3, -0.25) is 4.40 Å². The van der Waals surface area contributed by atoms with Crippen LogP contribution in [0.25, 0.3) is 39.2 Å². The summed E-state index contributed by atoms with van der Waals surface area (Å²) in [6.07, 6.45) is 2.98. The van der Waals surface area contributed by atoms with Gasteiger partial charge < -0.3 is 14.6 Å². The normalized spacial score (nSPS) is 12.2. The lowest BCUT2D eigenvalue weighted by Gasteiger charge is -2.15. The SMILES string of the molecule is CCC(C)Oc1ccc(-c2nc3nc4ccccc4n3cc2-c2ccc(OC)cc2)c(O)c1. The Hall–Kier alpha value is -4.06. The Morgan fingerprint density at radius 1 is 0.939 bits per heavy atom. The van der Waals surface area contributed by atoms with Crippen molar-refractivity contribution in [2.45, 2.75) is 26.4 Å². The maximum Gasteiger partial charge on any atom is 0.235 e. The molecule has 3 aromatic carbocycles. The van der Waals surface area contributed by atoms with Crippen LogP contribution in [0.1, 0.15) is 20.3 Å². The van der Waals surface area contributed by atoms with Crippen LogP contribution in [0, 0.1) is 0 Å². The van der Waals surface area contributed by atoms with E-state index in [-0.39, 0.29) is 11.9 Å². The highest BCUT2D eigenvalue weighted by Crippen LogP contribution is 2.38. The van der Waals surface area contributed by atoms with Crippen LogP contribution in [0.15, 0.2) is 72.9 Å². The molecule has 2 aromatic heterocycles. The second kappa shape index (κ2) is 8.47. The number of benzene rings is 3. The average Bonchev–Trinajstić information content (AvgIpc) is 3.21. The number of phenolic OH excluding ortho intramolecular Hbond substituents is 1. The van der Waals surface area contributed by atoms with Gasteiger partial charge in [-0.05, 0) is 55.3 Å². The van der Waals surface area contributed by atoms with Crippen molar-refractivity contribution < 1.29 is 14.6 Å². The van der Waals surface area contributed by atoms with Gasteiger partial charge in [0.05, 0.1) is 29.9 Å². The summed E-state index contributed by atoms with van der Waals surface area (Å²) in [6.45, 7) is 4.07. The highest BCUT2D eigenvalue weighted by molar-refractivity contribution is 5.87. The number of para-hydroxylation sites is 2. The van der Waals surface area contributed by atoms with E-state index in [9.17, 15) is 5.11 Å².